The first kappa shape index (κ1) is 22.4. The molecule has 0 aliphatic rings. The van der Waals surface area contributed by atoms with Crippen LogP contribution in [0, 0.1) is 17.2 Å². The van der Waals surface area contributed by atoms with Crippen molar-refractivity contribution in [3.8, 4) is 17.2 Å². The Morgan fingerprint density at radius 1 is 0.800 bits per heavy atom. The quantitative estimate of drug-likeness (QED) is 0.600. The van der Waals surface area contributed by atoms with E-state index in [1.807, 2.05) is 54.6 Å². The van der Waals surface area contributed by atoms with Crippen molar-refractivity contribution in [1.82, 2.24) is 0 Å². The Balaban J connectivity index is 0.000000471. The third-order valence-corrected chi connectivity index (χ3v) is 3.35. The average molecular weight is 380 g/mol. The van der Waals surface area contributed by atoms with Crippen LogP contribution in [0.1, 0.15) is 26.3 Å². The second kappa shape index (κ2) is 11.1. The number of nitriles is 1. The maximum Gasteiger partial charge on any atom is 0.147 e. The number of nitrogens with zero attached hydrogens (tertiary/aromatic N) is 1. The summed E-state index contributed by atoms with van der Waals surface area (Å²) in [6.07, 6.45) is 0. The van der Waals surface area contributed by atoms with Crippen LogP contribution in [0.4, 0.5) is 0 Å². The Morgan fingerprint density at radius 2 is 1.24 bits per heavy atom. The molecule has 0 heterocycles. The topological polar surface area (TPSA) is 75.0 Å². The number of benzene rings is 2. The average Bonchev–Trinajstić information content (AvgIpc) is 2.55. The molecular formula is C20H19NNiO3. The van der Waals surface area contributed by atoms with Crippen LogP contribution in [0.5, 0.6) is 0 Å². The van der Waals surface area contributed by atoms with Gasteiger partial charge >= 0.3 is 0 Å². The van der Waals surface area contributed by atoms with Gasteiger partial charge in [0.1, 0.15) is 23.3 Å². The van der Waals surface area contributed by atoms with Gasteiger partial charge in [-0.1, -0.05) is 48.5 Å². The van der Waals surface area contributed by atoms with Crippen molar-refractivity contribution in [2.45, 2.75) is 20.8 Å². The molecule has 0 N–H and O–H groups in total. The molecule has 0 aromatic heterocycles. The van der Waals surface area contributed by atoms with Gasteiger partial charge in [-0.25, -0.2) is 0 Å². The first-order valence-electron chi connectivity index (χ1n) is 7.44. The van der Waals surface area contributed by atoms with Crippen LogP contribution in [-0.4, -0.2) is 17.3 Å². The van der Waals surface area contributed by atoms with E-state index in [2.05, 4.69) is 6.07 Å². The van der Waals surface area contributed by atoms with Gasteiger partial charge in [0.05, 0.1) is 11.6 Å². The monoisotopic (exact) mass is 379 g/mol. The predicted molar refractivity (Wildman–Crippen MR) is 92.1 cm³/mol. The molecule has 0 aliphatic heterocycles. The molecular weight excluding hydrogens is 361 g/mol. The third-order valence-electron chi connectivity index (χ3n) is 3.35. The molecule has 2 rings (SSSR count). The first-order valence-corrected chi connectivity index (χ1v) is 7.44. The van der Waals surface area contributed by atoms with Crippen molar-refractivity contribution in [3.05, 3.63) is 60.2 Å². The Morgan fingerprint density at radius 3 is 1.64 bits per heavy atom. The van der Waals surface area contributed by atoms with Crippen LogP contribution in [0.2, 0.25) is 0 Å². The minimum atomic E-state index is -1.03. The summed E-state index contributed by atoms with van der Waals surface area (Å²) in [4.78, 5) is 31.8. The van der Waals surface area contributed by atoms with E-state index in [1.54, 1.807) is 0 Å². The largest absolute Gasteiger partial charge is 0.299 e. The molecule has 4 nitrogen and oxygen atoms in total. The van der Waals surface area contributed by atoms with Gasteiger partial charge in [0.15, 0.2) is 0 Å². The normalized spacial score (nSPS) is 9.08. The zero-order valence-corrected chi connectivity index (χ0v) is 15.2. The summed E-state index contributed by atoms with van der Waals surface area (Å²) >= 11 is 0. The molecule has 0 bridgehead atoms. The summed E-state index contributed by atoms with van der Waals surface area (Å²) in [5.74, 6) is -2.15. The minimum Gasteiger partial charge on any atom is -0.299 e. The first-order chi connectivity index (χ1) is 11.4. The zero-order chi connectivity index (χ0) is 18.1. The van der Waals surface area contributed by atoms with E-state index in [0.717, 1.165) is 16.7 Å². The minimum absolute atomic E-state index is 0. The number of carbonyl (C=O) groups excluding carboxylic acids is 3. The number of Topliss-reactive ketones (excluding diaryl/α,β-unsaturated/α-hetero) is 3. The Kier molecular flexibility index (Phi) is 9.93. The summed E-state index contributed by atoms with van der Waals surface area (Å²) in [5, 5.41) is 8.93. The third kappa shape index (κ3) is 6.83. The van der Waals surface area contributed by atoms with E-state index in [4.69, 9.17) is 5.26 Å². The van der Waals surface area contributed by atoms with E-state index < -0.39 is 5.92 Å². The Labute approximate surface area is 157 Å². The van der Waals surface area contributed by atoms with Gasteiger partial charge in [-0.15, -0.1) is 0 Å². The maximum atomic E-state index is 10.6. The van der Waals surface area contributed by atoms with Crippen LogP contribution in [0.3, 0.4) is 0 Å². The van der Waals surface area contributed by atoms with E-state index in [1.165, 1.54) is 20.8 Å². The summed E-state index contributed by atoms with van der Waals surface area (Å²) in [6, 6.07) is 19.8. The maximum absolute atomic E-state index is 10.6. The van der Waals surface area contributed by atoms with Crippen molar-refractivity contribution in [3.63, 3.8) is 0 Å². The number of hydrogen-bond donors (Lipinski definition) is 0. The molecule has 2 aromatic rings. The second-order valence-electron chi connectivity index (χ2n) is 5.29. The van der Waals surface area contributed by atoms with E-state index >= 15 is 0 Å². The molecule has 0 radical (unpaired) electrons. The van der Waals surface area contributed by atoms with Gasteiger partial charge in [-0.3, -0.25) is 14.4 Å². The van der Waals surface area contributed by atoms with Crippen LogP contribution in [0.25, 0.3) is 11.1 Å². The molecule has 0 fully saturated rings. The number of hydrogen-bond acceptors (Lipinski definition) is 4. The zero-order valence-electron chi connectivity index (χ0n) is 14.3. The molecule has 2 aromatic carbocycles. The SMILES string of the molecule is CC(=O)C(C(C)=O)C(C)=O.N#Cc1ccccc1-c1ccccc1.[Ni]. The molecule has 0 saturated carbocycles. The Hall–Kier alpha value is -2.57. The van der Waals surface area contributed by atoms with Crippen LogP contribution >= 0.6 is 0 Å². The van der Waals surface area contributed by atoms with Crippen LogP contribution < -0.4 is 0 Å². The molecule has 0 unspecified atom stereocenters. The van der Waals surface area contributed by atoms with Crippen molar-refractivity contribution in [2.75, 3.05) is 0 Å². The second-order valence-corrected chi connectivity index (χ2v) is 5.29. The summed E-state index contributed by atoms with van der Waals surface area (Å²) in [7, 11) is 0. The van der Waals surface area contributed by atoms with Gasteiger partial charge in [0, 0.05) is 16.5 Å². The summed E-state index contributed by atoms with van der Waals surface area (Å²) in [5.41, 5.74) is 2.80. The molecule has 0 atom stereocenters. The molecule has 5 heteroatoms. The molecule has 0 aliphatic carbocycles. The van der Waals surface area contributed by atoms with E-state index in [9.17, 15) is 14.4 Å². The van der Waals surface area contributed by atoms with E-state index in [-0.39, 0.29) is 33.8 Å². The van der Waals surface area contributed by atoms with Gasteiger partial charge in [-0.2, -0.15) is 5.26 Å². The molecule has 25 heavy (non-hydrogen) atoms. The van der Waals surface area contributed by atoms with Crippen molar-refractivity contribution < 1.29 is 30.9 Å². The fourth-order valence-electron chi connectivity index (χ4n) is 2.31. The predicted octanol–water partition coefficient (Wildman–Crippen LogP) is 3.59. The Bertz CT molecular complexity index is 746. The number of carbonyl (C=O) groups is 3. The van der Waals surface area contributed by atoms with Gasteiger partial charge in [0.25, 0.3) is 0 Å². The van der Waals surface area contributed by atoms with Crippen LogP contribution in [-0.2, 0) is 30.9 Å². The summed E-state index contributed by atoms with van der Waals surface area (Å²) in [6.45, 7) is 3.73. The van der Waals surface area contributed by atoms with E-state index in [0.29, 0.717) is 0 Å². The molecule has 0 saturated heterocycles. The van der Waals surface area contributed by atoms with Crippen molar-refractivity contribution in [2.24, 2.45) is 5.92 Å². The van der Waals surface area contributed by atoms with Gasteiger partial charge < -0.3 is 0 Å². The number of rotatable bonds is 4. The van der Waals surface area contributed by atoms with Gasteiger partial charge in [-0.05, 0) is 38.0 Å². The van der Waals surface area contributed by atoms with Gasteiger partial charge in [0.2, 0.25) is 0 Å². The smallest absolute Gasteiger partial charge is 0.147 e. The van der Waals surface area contributed by atoms with Crippen molar-refractivity contribution >= 4 is 17.3 Å². The van der Waals surface area contributed by atoms with Crippen LogP contribution in [0.15, 0.2) is 54.6 Å². The fourth-order valence-corrected chi connectivity index (χ4v) is 2.31. The standard InChI is InChI=1S/C13H9N.C7H10O3.Ni/c14-10-12-8-4-5-9-13(12)11-6-2-1-3-7-11;1-4(8)7(5(2)9)6(3)10;/h1-9H;7H,1-3H3;. The molecule has 132 valence electrons. The molecule has 0 spiro atoms. The van der Waals surface area contributed by atoms with Crippen molar-refractivity contribution in [1.29, 1.82) is 5.26 Å². The summed E-state index contributed by atoms with van der Waals surface area (Å²) < 4.78 is 0. The molecule has 0 amide bonds. The fraction of sp³-hybridized carbons (Fsp3) is 0.200. The number of ketones is 3.